The van der Waals surface area contributed by atoms with E-state index in [9.17, 15) is 8.42 Å². The Bertz CT molecular complexity index is 1310. The predicted molar refractivity (Wildman–Crippen MR) is 140 cm³/mol. The Morgan fingerprint density at radius 2 is 1.74 bits per heavy atom. The van der Waals surface area contributed by atoms with Gasteiger partial charge in [0.05, 0.1) is 32.2 Å². The molecule has 0 amide bonds. The van der Waals surface area contributed by atoms with E-state index < -0.39 is 21.2 Å². The second-order valence-electron chi connectivity index (χ2n) is 9.62. The van der Waals surface area contributed by atoms with Gasteiger partial charge in [-0.25, -0.2) is 18.4 Å². The molecule has 0 bridgehead atoms. The van der Waals surface area contributed by atoms with Crippen LogP contribution in [0.2, 0.25) is 0 Å². The molecule has 0 N–H and O–H groups in total. The lowest BCUT2D eigenvalue weighted by atomic mass is 10.1. The van der Waals surface area contributed by atoms with Crippen LogP contribution in [0.3, 0.4) is 0 Å². The lowest BCUT2D eigenvalue weighted by Crippen LogP contribution is -2.32. The molecule has 0 aliphatic carbocycles. The van der Waals surface area contributed by atoms with Crippen molar-refractivity contribution < 1.29 is 27.4 Å². The van der Waals surface area contributed by atoms with E-state index in [1.54, 1.807) is 56.3 Å². The summed E-state index contributed by atoms with van der Waals surface area (Å²) >= 11 is 0. The summed E-state index contributed by atoms with van der Waals surface area (Å²) in [6, 6.07) is 5.38. The maximum atomic E-state index is 13.9. The maximum Gasteiger partial charge on any atom is 0.163 e. The summed E-state index contributed by atoms with van der Waals surface area (Å²) in [5.74, 6) is 1.73. The molecule has 206 valence electrons. The Morgan fingerprint density at radius 1 is 1.08 bits per heavy atom. The third kappa shape index (κ3) is 5.82. The number of nitrogens with zero attached hydrogens (tertiary/aromatic N) is 5. The molecule has 0 saturated carbocycles. The van der Waals surface area contributed by atoms with Crippen LogP contribution in [0, 0.1) is 6.92 Å². The highest BCUT2D eigenvalue weighted by Gasteiger charge is 2.37. The highest BCUT2D eigenvalue weighted by Crippen LogP contribution is 2.37. The first-order valence-corrected chi connectivity index (χ1v) is 14.3. The highest BCUT2D eigenvalue weighted by atomic mass is 32.2. The fraction of sp³-hybridized carbons (Fsp3) is 0.538. The maximum absolute atomic E-state index is 13.9. The molecule has 3 atom stereocenters. The molecule has 12 heteroatoms. The Balaban J connectivity index is 1.78. The number of benzene rings is 1. The van der Waals surface area contributed by atoms with E-state index in [-0.39, 0.29) is 23.6 Å². The van der Waals surface area contributed by atoms with E-state index in [1.807, 2.05) is 20.8 Å². The molecule has 0 spiro atoms. The van der Waals surface area contributed by atoms with Crippen molar-refractivity contribution >= 4 is 9.84 Å². The van der Waals surface area contributed by atoms with Gasteiger partial charge in [-0.1, -0.05) is 6.07 Å². The van der Waals surface area contributed by atoms with Gasteiger partial charge in [0.2, 0.25) is 0 Å². The quantitative estimate of drug-likeness (QED) is 0.354. The Labute approximate surface area is 223 Å². The molecule has 3 aromatic rings. The van der Waals surface area contributed by atoms with Gasteiger partial charge in [0, 0.05) is 24.9 Å². The molecule has 1 fully saturated rings. The van der Waals surface area contributed by atoms with Crippen LogP contribution in [0.4, 0.5) is 0 Å². The van der Waals surface area contributed by atoms with E-state index in [1.165, 1.54) is 0 Å². The van der Waals surface area contributed by atoms with Gasteiger partial charge in [-0.05, 0) is 51.8 Å². The molecule has 11 nitrogen and oxygen atoms in total. The number of ether oxygens (including phenoxy) is 4. The molecule has 1 saturated heterocycles. The van der Waals surface area contributed by atoms with Gasteiger partial charge < -0.3 is 18.9 Å². The van der Waals surface area contributed by atoms with Crippen molar-refractivity contribution in [1.82, 2.24) is 24.7 Å². The minimum absolute atomic E-state index is 0.0519. The first kappa shape index (κ1) is 27.9. The number of methoxy groups -OCH3 is 2. The van der Waals surface area contributed by atoms with Gasteiger partial charge in [-0.2, -0.15) is 0 Å². The van der Waals surface area contributed by atoms with Crippen LogP contribution >= 0.6 is 0 Å². The number of aromatic nitrogens is 5. The molecule has 38 heavy (non-hydrogen) atoms. The van der Waals surface area contributed by atoms with Gasteiger partial charge in [0.15, 0.2) is 21.5 Å². The van der Waals surface area contributed by atoms with Gasteiger partial charge in [0.25, 0.3) is 0 Å². The van der Waals surface area contributed by atoms with E-state index in [0.29, 0.717) is 42.0 Å². The van der Waals surface area contributed by atoms with E-state index in [2.05, 4.69) is 20.2 Å². The fourth-order valence-electron chi connectivity index (χ4n) is 4.45. The first-order chi connectivity index (χ1) is 18.2. The van der Waals surface area contributed by atoms with E-state index in [0.717, 1.165) is 12.0 Å². The first-order valence-electron chi connectivity index (χ1n) is 12.5. The highest BCUT2D eigenvalue weighted by molar-refractivity contribution is 7.91. The van der Waals surface area contributed by atoms with Gasteiger partial charge >= 0.3 is 0 Å². The molecule has 3 heterocycles. The van der Waals surface area contributed by atoms with Crippen LogP contribution in [0.5, 0.6) is 11.5 Å². The van der Waals surface area contributed by atoms with Crippen LogP contribution in [-0.4, -0.2) is 71.9 Å². The lowest BCUT2D eigenvalue weighted by molar-refractivity contribution is 0.00141. The summed E-state index contributed by atoms with van der Waals surface area (Å²) in [6.07, 6.45) is 2.95. The third-order valence-corrected chi connectivity index (χ3v) is 8.51. The predicted octanol–water partition coefficient (Wildman–Crippen LogP) is 3.36. The standard InChI is InChI=1S/C26H35N5O6S/c1-16(2)37-24(25-27-12-17(3)13-28-25)18(4)38(32,33)15-22-29-30-26(19-10-11-36-14-19)31(22)23-20(34-5)8-7-9-21(23)35-6/h7-9,12-13,16,18-19,24H,10-11,14-15H2,1-6H3/t18-,19+,24+/m0/s1. The minimum Gasteiger partial charge on any atom is -0.494 e. The van der Waals surface area contributed by atoms with Crippen molar-refractivity contribution in [2.45, 2.75) is 63.2 Å². The average Bonchev–Trinajstić information content (AvgIpc) is 3.56. The van der Waals surface area contributed by atoms with Crippen molar-refractivity contribution in [1.29, 1.82) is 0 Å². The Kier molecular flexibility index (Phi) is 8.64. The summed E-state index contributed by atoms with van der Waals surface area (Å²) in [5, 5.41) is 7.82. The molecule has 0 radical (unpaired) electrons. The van der Waals surface area contributed by atoms with Crippen molar-refractivity contribution in [2.24, 2.45) is 0 Å². The van der Waals surface area contributed by atoms with Crippen LogP contribution in [0.15, 0.2) is 30.6 Å². The molecule has 2 aromatic heterocycles. The summed E-state index contributed by atoms with van der Waals surface area (Å²) in [6.45, 7) is 8.24. The number of hydrogen-bond donors (Lipinski definition) is 0. The Morgan fingerprint density at radius 3 is 2.29 bits per heavy atom. The van der Waals surface area contributed by atoms with Crippen LogP contribution in [-0.2, 0) is 25.1 Å². The molecule has 0 unspecified atom stereocenters. The molecule has 1 aromatic carbocycles. The molecular formula is C26H35N5O6S. The fourth-order valence-corrected chi connectivity index (χ4v) is 5.82. The van der Waals surface area contributed by atoms with E-state index >= 15 is 0 Å². The van der Waals surface area contributed by atoms with Crippen LogP contribution in [0.25, 0.3) is 5.69 Å². The smallest absolute Gasteiger partial charge is 0.163 e. The topological polar surface area (TPSA) is 128 Å². The Hall–Kier alpha value is -3.09. The van der Waals surface area contributed by atoms with Crippen molar-refractivity contribution in [3.8, 4) is 17.2 Å². The molecule has 1 aliphatic heterocycles. The monoisotopic (exact) mass is 545 g/mol. The average molecular weight is 546 g/mol. The van der Waals surface area contributed by atoms with Gasteiger partial charge in [-0.3, -0.25) is 4.57 Å². The third-order valence-electron chi connectivity index (χ3n) is 6.47. The zero-order chi connectivity index (χ0) is 27.4. The summed E-state index contributed by atoms with van der Waals surface area (Å²) in [5.41, 5.74) is 1.41. The van der Waals surface area contributed by atoms with Crippen molar-refractivity contribution in [3.63, 3.8) is 0 Å². The van der Waals surface area contributed by atoms with Crippen molar-refractivity contribution in [2.75, 3.05) is 27.4 Å². The molecule has 4 rings (SSSR count). The number of aryl methyl sites for hydroxylation is 1. The number of para-hydroxylation sites is 1. The van der Waals surface area contributed by atoms with Crippen LogP contribution in [0.1, 0.15) is 62.3 Å². The normalized spacial score (nSPS) is 17.5. The molecular weight excluding hydrogens is 510 g/mol. The van der Waals surface area contributed by atoms with Crippen molar-refractivity contribution in [3.05, 3.63) is 53.6 Å². The van der Waals surface area contributed by atoms with Gasteiger partial charge in [-0.15, -0.1) is 10.2 Å². The zero-order valence-electron chi connectivity index (χ0n) is 22.6. The summed E-state index contributed by atoms with van der Waals surface area (Å²) in [7, 11) is -0.737. The van der Waals surface area contributed by atoms with Gasteiger partial charge in [0.1, 0.15) is 34.9 Å². The lowest BCUT2D eigenvalue weighted by Gasteiger charge is -2.25. The minimum atomic E-state index is -3.84. The number of sulfone groups is 1. The SMILES string of the molecule is COc1cccc(OC)c1-n1c(CS(=O)(=O)[C@@H](C)[C@@H](OC(C)C)c2ncc(C)cn2)nnc1[C@@H]1CCOC1. The summed E-state index contributed by atoms with van der Waals surface area (Å²) < 4.78 is 52.4. The second-order valence-corrected chi connectivity index (χ2v) is 12.0. The molecule has 1 aliphatic rings. The summed E-state index contributed by atoms with van der Waals surface area (Å²) in [4.78, 5) is 8.72. The van der Waals surface area contributed by atoms with E-state index in [4.69, 9.17) is 18.9 Å². The van der Waals surface area contributed by atoms with Crippen LogP contribution < -0.4 is 9.47 Å². The largest absolute Gasteiger partial charge is 0.494 e. The second kappa shape index (κ2) is 11.7. The zero-order valence-corrected chi connectivity index (χ0v) is 23.4. The number of hydrogen-bond acceptors (Lipinski definition) is 10. The number of rotatable bonds is 11.